The number of likely N-dealkylation sites (tertiary alicyclic amines) is 1. The van der Waals surface area contributed by atoms with E-state index in [-0.39, 0.29) is 0 Å². The fourth-order valence-electron chi connectivity index (χ4n) is 3.17. The van der Waals surface area contributed by atoms with E-state index in [1.165, 1.54) is 38.0 Å². The van der Waals surface area contributed by atoms with Crippen LogP contribution in [-0.2, 0) is 11.3 Å². The highest BCUT2D eigenvalue weighted by atomic mass is 16.5. The topological polar surface area (TPSA) is 48.9 Å². The zero-order chi connectivity index (χ0) is 17.9. The van der Waals surface area contributed by atoms with E-state index in [4.69, 9.17) is 4.74 Å². The lowest BCUT2D eigenvalue weighted by molar-refractivity contribution is 0.125. The molecule has 0 bridgehead atoms. The quantitative estimate of drug-likeness (QED) is 0.431. The Balaban J connectivity index is 1.58. The Bertz CT molecular complexity index is 496. The van der Waals surface area contributed by atoms with Crippen LogP contribution in [0.3, 0.4) is 0 Å². The van der Waals surface area contributed by atoms with E-state index in [1.807, 2.05) is 25.2 Å². The van der Waals surface area contributed by atoms with Crippen molar-refractivity contribution in [2.45, 2.75) is 39.3 Å². The minimum Gasteiger partial charge on any atom is -0.375 e. The molecular weight excluding hydrogens is 312 g/mol. The average Bonchev–Trinajstić information content (AvgIpc) is 2.62. The van der Waals surface area contributed by atoms with Gasteiger partial charge in [-0.15, -0.1) is 0 Å². The molecule has 0 atom stereocenters. The zero-order valence-corrected chi connectivity index (χ0v) is 16.0. The van der Waals surface area contributed by atoms with Gasteiger partial charge in [-0.3, -0.25) is 4.99 Å². The summed E-state index contributed by atoms with van der Waals surface area (Å²) in [5.74, 6) is 1.63. The standard InChI is InChI=1S/C20H34N4O/c1-17(2)15-24-12-9-19(10-13-24)23-20(21-3)22-11-14-25-16-18-7-5-4-6-8-18/h4-8,17,19H,9-16H2,1-3H3,(H2,21,22,23). The van der Waals surface area contributed by atoms with Crippen LogP contribution in [0.25, 0.3) is 0 Å². The van der Waals surface area contributed by atoms with Crippen LogP contribution in [0.4, 0.5) is 0 Å². The van der Waals surface area contributed by atoms with Crippen LogP contribution < -0.4 is 10.6 Å². The lowest BCUT2D eigenvalue weighted by atomic mass is 10.0. The number of rotatable bonds is 8. The van der Waals surface area contributed by atoms with E-state index in [0.29, 0.717) is 19.3 Å². The number of ether oxygens (including phenoxy) is 1. The summed E-state index contributed by atoms with van der Waals surface area (Å²) in [6.45, 7) is 10.2. The Kier molecular flexibility index (Phi) is 8.77. The Morgan fingerprint density at radius 3 is 2.60 bits per heavy atom. The fourth-order valence-corrected chi connectivity index (χ4v) is 3.17. The van der Waals surface area contributed by atoms with Crippen molar-refractivity contribution in [3.63, 3.8) is 0 Å². The molecule has 1 heterocycles. The normalized spacial score (nSPS) is 17.0. The number of nitrogens with zero attached hydrogens (tertiary/aromatic N) is 2. The maximum absolute atomic E-state index is 5.70. The molecule has 1 fully saturated rings. The second-order valence-corrected chi connectivity index (χ2v) is 7.15. The summed E-state index contributed by atoms with van der Waals surface area (Å²) in [6.07, 6.45) is 2.36. The van der Waals surface area contributed by atoms with Gasteiger partial charge in [0.05, 0.1) is 13.2 Å². The maximum atomic E-state index is 5.70. The third-order valence-corrected chi connectivity index (χ3v) is 4.43. The molecule has 2 rings (SSSR count). The van der Waals surface area contributed by atoms with Gasteiger partial charge in [0.25, 0.3) is 0 Å². The number of piperidine rings is 1. The van der Waals surface area contributed by atoms with Gasteiger partial charge < -0.3 is 20.3 Å². The molecule has 1 aromatic carbocycles. The van der Waals surface area contributed by atoms with E-state index < -0.39 is 0 Å². The fraction of sp³-hybridized carbons (Fsp3) is 0.650. The number of guanidine groups is 1. The van der Waals surface area contributed by atoms with Gasteiger partial charge in [-0.1, -0.05) is 44.2 Å². The van der Waals surface area contributed by atoms with E-state index in [1.54, 1.807) is 0 Å². The molecule has 0 amide bonds. The second-order valence-electron chi connectivity index (χ2n) is 7.15. The second kappa shape index (κ2) is 11.1. The highest BCUT2D eigenvalue weighted by molar-refractivity contribution is 5.79. The summed E-state index contributed by atoms with van der Waals surface area (Å²) < 4.78 is 5.70. The zero-order valence-electron chi connectivity index (χ0n) is 16.0. The first-order valence-corrected chi connectivity index (χ1v) is 9.48. The van der Waals surface area contributed by atoms with E-state index in [0.717, 1.165) is 18.4 Å². The molecule has 1 aromatic rings. The van der Waals surface area contributed by atoms with Crippen molar-refractivity contribution in [1.82, 2.24) is 15.5 Å². The van der Waals surface area contributed by atoms with Crippen molar-refractivity contribution in [3.05, 3.63) is 35.9 Å². The largest absolute Gasteiger partial charge is 0.375 e. The first kappa shape index (κ1) is 19.7. The van der Waals surface area contributed by atoms with Gasteiger partial charge in [-0.25, -0.2) is 0 Å². The Morgan fingerprint density at radius 2 is 1.96 bits per heavy atom. The molecule has 1 aliphatic rings. The molecule has 0 aliphatic carbocycles. The van der Waals surface area contributed by atoms with E-state index >= 15 is 0 Å². The molecule has 25 heavy (non-hydrogen) atoms. The molecule has 5 nitrogen and oxygen atoms in total. The van der Waals surface area contributed by atoms with Crippen LogP contribution in [0.2, 0.25) is 0 Å². The average molecular weight is 347 g/mol. The smallest absolute Gasteiger partial charge is 0.191 e. The van der Waals surface area contributed by atoms with Crippen LogP contribution >= 0.6 is 0 Å². The molecular formula is C20H34N4O. The SMILES string of the molecule is CN=C(NCCOCc1ccccc1)NC1CCN(CC(C)C)CC1. The monoisotopic (exact) mass is 346 g/mol. The number of nitrogens with one attached hydrogen (secondary N) is 2. The number of hydrogen-bond acceptors (Lipinski definition) is 3. The third-order valence-electron chi connectivity index (χ3n) is 4.43. The summed E-state index contributed by atoms with van der Waals surface area (Å²) in [6, 6.07) is 10.8. The van der Waals surface area contributed by atoms with Crippen LogP contribution in [0.5, 0.6) is 0 Å². The first-order chi connectivity index (χ1) is 12.2. The summed E-state index contributed by atoms with van der Waals surface area (Å²) in [4.78, 5) is 6.90. The van der Waals surface area contributed by atoms with E-state index in [2.05, 4.69) is 46.5 Å². The molecule has 5 heteroatoms. The minimum absolute atomic E-state index is 0.514. The lowest BCUT2D eigenvalue weighted by Gasteiger charge is -2.33. The molecule has 140 valence electrons. The summed E-state index contributed by atoms with van der Waals surface area (Å²) in [5, 5.41) is 6.89. The van der Waals surface area contributed by atoms with Crippen LogP contribution in [0, 0.1) is 5.92 Å². The van der Waals surface area contributed by atoms with Gasteiger partial charge in [0, 0.05) is 39.3 Å². The predicted molar refractivity (Wildman–Crippen MR) is 105 cm³/mol. The molecule has 0 unspecified atom stereocenters. The van der Waals surface area contributed by atoms with Crippen molar-refractivity contribution >= 4 is 5.96 Å². The van der Waals surface area contributed by atoms with Gasteiger partial charge in [0.2, 0.25) is 0 Å². The summed E-state index contributed by atoms with van der Waals surface area (Å²) in [5.41, 5.74) is 1.21. The van der Waals surface area contributed by atoms with Crippen molar-refractivity contribution < 1.29 is 4.74 Å². The van der Waals surface area contributed by atoms with Gasteiger partial charge >= 0.3 is 0 Å². The maximum Gasteiger partial charge on any atom is 0.191 e. The van der Waals surface area contributed by atoms with Gasteiger partial charge in [0.15, 0.2) is 5.96 Å². The molecule has 0 spiro atoms. The number of aliphatic imine (C=N–C) groups is 1. The molecule has 2 N–H and O–H groups in total. The van der Waals surface area contributed by atoms with E-state index in [9.17, 15) is 0 Å². The number of benzene rings is 1. The highest BCUT2D eigenvalue weighted by Crippen LogP contribution is 2.11. The van der Waals surface area contributed by atoms with Crippen molar-refractivity contribution in [1.29, 1.82) is 0 Å². The summed E-state index contributed by atoms with van der Waals surface area (Å²) >= 11 is 0. The Labute approximate surface area is 152 Å². The van der Waals surface area contributed by atoms with Gasteiger partial charge in [-0.2, -0.15) is 0 Å². The van der Waals surface area contributed by atoms with Crippen LogP contribution in [0.15, 0.2) is 35.3 Å². The predicted octanol–water partition coefficient (Wildman–Crippen LogP) is 2.49. The molecule has 0 saturated carbocycles. The molecule has 0 aromatic heterocycles. The Morgan fingerprint density at radius 1 is 1.24 bits per heavy atom. The van der Waals surface area contributed by atoms with Gasteiger partial charge in [-0.05, 0) is 24.3 Å². The number of hydrogen-bond donors (Lipinski definition) is 2. The Hall–Kier alpha value is -1.59. The van der Waals surface area contributed by atoms with Crippen LogP contribution in [-0.4, -0.2) is 56.7 Å². The van der Waals surface area contributed by atoms with Crippen molar-refractivity contribution in [2.24, 2.45) is 10.9 Å². The first-order valence-electron chi connectivity index (χ1n) is 9.48. The van der Waals surface area contributed by atoms with Gasteiger partial charge in [0.1, 0.15) is 0 Å². The molecule has 1 aliphatic heterocycles. The van der Waals surface area contributed by atoms with Crippen molar-refractivity contribution in [2.75, 3.05) is 39.8 Å². The highest BCUT2D eigenvalue weighted by Gasteiger charge is 2.20. The van der Waals surface area contributed by atoms with Crippen LogP contribution in [0.1, 0.15) is 32.3 Å². The van der Waals surface area contributed by atoms with Crippen molar-refractivity contribution in [3.8, 4) is 0 Å². The molecule has 1 saturated heterocycles. The lowest BCUT2D eigenvalue weighted by Crippen LogP contribution is -2.49. The third kappa shape index (κ3) is 7.88. The minimum atomic E-state index is 0.514. The molecule has 0 radical (unpaired) electrons. The summed E-state index contributed by atoms with van der Waals surface area (Å²) in [7, 11) is 1.83.